The van der Waals surface area contributed by atoms with Gasteiger partial charge in [-0.15, -0.1) is 0 Å². The van der Waals surface area contributed by atoms with Crippen LogP contribution in [0.2, 0.25) is 0 Å². The van der Waals surface area contributed by atoms with Gasteiger partial charge in [-0.3, -0.25) is 0 Å². The monoisotopic (exact) mass is 500 g/mol. The third kappa shape index (κ3) is 12.0. The van der Waals surface area contributed by atoms with E-state index in [-0.39, 0.29) is 0 Å². The summed E-state index contributed by atoms with van der Waals surface area (Å²) in [5.41, 5.74) is 1.08. The fourth-order valence-corrected chi connectivity index (χ4v) is 4.76. The first-order chi connectivity index (χ1) is 13.2. The minimum atomic E-state index is 0.780. The molecule has 0 unspecified atom stereocenters. The molecule has 0 atom stereocenters. The van der Waals surface area contributed by atoms with Crippen LogP contribution in [-0.4, -0.2) is 6.61 Å². The lowest BCUT2D eigenvalue weighted by atomic mass is 10.0. The third-order valence-corrected chi connectivity index (χ3v) is 6.18. The largest absolute Gasteiger partial charge is 0.491 e. The van der Waals surface area contributed by atoms with Crippen LogP contribution in [0.25, 0.3) is 6.08 Å². The number of halogens is 2. The van der Waals surface area contributed by atoms with E-state index in [9.17, 15) is 0 Å². The Morgan fingerprint density at radius 2 is 1.15 bits per heavy atom. The number of hydrogen-bond donors (Lipinski definition) is 0. The van der Waals surface area contributed by atoms with E-state index in [1.54, 1.807) is 0 Å². The standard InChI is InChI=1S/C24H38Br2O/c1-3-5-6-7-8-9-10-11-12-13-14-15-16-17-18-27-24-22(25)19-21(4-2)20-23(24)26/h4,19-20H,2-3,5-18H2,1H3. The molecule has 0 saturated heterocycles. The van der Waals surface area contributed by atoms with Crippen molar-refractivity contribution in [1.29, 1.82) is 0 Å². The molecule has 1 rings (SSSR count). The molecular weight excluding hydrogens is 464 g/mol. The van der Waals surface area contributed by atoms with Crippen LogP contribution in [0.1, 0.15) is 102 Å². The van der Waals surface area contributed by atoms with Crippen LogP contribution in [-0.2, 0) is 0 Å². The van der Waals surface area contributed by atoms with Crippen molar-refractivity contribution in [3.05, 3.63) is 33.2 Å². The Balaban J connectivity index is 1.93. The average Bonchev–Trinajstić information content (AvgIpc) is 2.66. The molecule has 154 valence electrons. The first kappa shape index (κ1) is 24.8. The van der Waals surface area contributed by atoms with E-state index in [1.165, 1.54) is 83.5 Å². The molecule has 0 spiro atoms. The van der Waals surface area contributed by atoms with Crippen molar-refractivity contribution in [2.24, 2.45) is 0 Å². The summed E-state index contributed by atoms with van der Waals surface area (Å²) in [4.78, 5) is 0. The van der Waals surface area contributed by atoms with E-state index in [1.807, 2.05) is 18.2 Å². The highest BCUT2D eigenvalue weighted by molar-refractivity contribution is 9.11. The van der Waals surface area contributed by atoms with Gasteiger partial charge in [0.25, 0.3) is 0 Å². The summed E-state index contributed by atoms with van der Waals surface area (Å²) in [6, 6.07) is 4.08. The molecule has 0 bridgehead atoms. The quantitative estimate of drug-likeness (QED) is 0.193. The molecule has 0 aliphatic rings. The summed E-state index contributed by atoms with van der Waals surface area (Å²) in [7, 11) is 0. The summed E-state index contributed by atoms with van der Waals surface area (Å²) >= 11 is 7.16. The van der Waals surface area contributed by atoms with Gasteiger partial charge in [0.05, 0.1) is 15.6 Å². The van der Waals surface area contributed by atoms with Gasteiger partial charge >= 0.3 is 0 Å². The smallest absolute Gasteiger partial charge is 0.147 e. The Labute approximate surface area is 184 Å². The first-order valence-corrected chi connectivity index (χ1v) is 12.5. The van der Waals surface area contributed by atoms with E-state index in [0.29, 0.717) is 0 Å². The van der Waals surface area contributed by atoms with Crippen LogP contribution in [0.15, 0.2) is 27.7 Å². The summed E-state index contributed by atoms with van der Waals surface area (Å²) in [5, 5.41) is 0. The van der Waals surface area contributed by atoms with Crippen molar-refractivity contribution in [2.75, 3.05) is 6.61 Å². The molecule has 0 aromatic heterocycles. The predicted molar refractivity (Wildman–Crippen MR) is 128 cm³/mol. The predicted octanol–water partition coefficient (Wildman–Crippen LogP) is 9.71. The van der Waals surface area contributed by atoms with Gasteiger partial charge in [0.15, 0.2) is 0 Å². The molecule has 1 aromatic carbocycles. The molecule has 0 radical (unpaired) electrons. The highest BCUT2D eigenvalue weighted by atomic mass is 79.9. The SMILES string of the molecule is C=Cc1cc(Br)c(OCCCCCCCCCCCCCCCC)c(Br)c1. The van der Waals surface area contributed by atoms with E-state index in [4.69, 9.17) is 4.74 Å². The number of benzene rings is 1. The molecule has 3 heteroatoms. The molecule has 0 aliphatic carbocycles. The van der Waals surface area contributed by atoms with Gasteiger partial charge in [0.2, 0.25) is 0 Å². The second-order valence-corrected chi connectivity index (χ2v) is 9.17. The average molecular weight is 502 g/mol. The molecular formula is C24H38Br2O. The van der Waals surface area contributed by atoms with Crippen molar-refractivity contribution in [1.82, 2.24) is 0 Å². The Kier molecular flexibility index (Phi) is 15.3. The zero-order chi connectivity index (χ0) is 19.7. The molecule has 0 heterocycles. The molecule has 0 amide bonds. The van der Waals surface area contributed by atoms with Crippen molar-refractivity contribution < 1.29 is 4.74 Å². The maximum atomic E-state index is 5.95. The zero-order valence-electron chi connectivity index (χ0n) is 17.2. The highest BCUT2D eigenvalue weighted by Crippen LogP contribution is 2.35. The van der Waals surface area contributed by atoms with Gasteiger partial charge in [0.1, 0.15) is 5.75 Å². The lowest BCUT2D eigenvalue weighted by Gasteiger charge is -2.11. The van der Waals surface area contributed by atoms with Crippen LogP contribution in [0.5, 0.6) is 5.75 Å². The van der Waals surface area contributed by atoms with Crippen LogP contribution in [0.3, 0.4) is 0 Å². The topological polar surface area (TPSA) is 9.23 Å². The summed E-state index contributed by atoms with van der Waals surface area (Å²) < 4.78 is 7.91. The first-order valence-electron chi connectivity index (χ1n) is 10.9. The second kappa shape index (κ2) is 16.7. The van der Waals surface area contributed by atoms with E-state index in [2.05, 4.69) is 45.4 Å². The third-order valence-electron chi connectivity index (χ3n) is 5.00. The van der Waals surface area contributed by atoms with Crippen LogP contribution < -0.4 is 4.74 Å². The molecule has 0 fully saturated rings. The lowest BCUT2D eigenvalue weighted by Crippen LogP contribution is -1.99. The van der Waals surface area contributed by atoms with Gasteiger partial charge in [-0.25, -0.2) is 0 Å². The lowest BCUT2D eigenvalue weighted by molar-refractivity contribution is 0.300. The van der Waals surface area contributed by atoms with Crippen LogP contribution >= 0.6 is 31.9 Å². The van der Waals surface area contributed by atoms with Crippen molar-refractivity contribution >= 4 is 37.9 Å². The van der Waals surface area contributed by atoms with Crippen LogP contribution in [0, 0.1) is 0 Å². The Hall–Kier alpha value is -0.280. The Morgan fingerprint density at radius 1 is 0.741 bits per heavy atom. The number of ether oxygens (including phenoxy) is 1. The number of unbranched alkanes of at least 4 members (excludes halogenated alkanes) is 13. The maximum Gasteiger partial charge on any atom is 0.147 e. The van der Waals surface area contributed by atoms with Gasteiger partial charge < -0.3 is 4.74 Å². The van der Waals surface area contributed by atoms with Crippen molar-refractivity contribution in [2.45, 2.75) is 96.8 Å². The fourth-order valence-electron chi connectivity index (χ4n) is 3.31. The number of hydrogen-bond acceptors (Lipinski definition) is 1. The molecule has 1 nitrogen and oxygen atoms in total. The molecule has 1 aromatic rings. The fraction of sp³-hybridized carbons (Fsp3) is 0.667. The Morgan fingerprint density at radius 3 is 1.56 bits per heavy atom. The summed E-state index contributed by atoms with van der Waals surface area (Å²) in [6.45, 7) is 6.87. The highest BCUT2D eigenvalue weighted by Gasteiger charge is 2.07. The molecule has 0 saturated carbocycles. The van der Waals surface area contributed by atoms with Crippen molar-refractivity contribution in [3.8, 4) is 5.75 Å². The Bertz CT molecular complexity index is 490. The zero-order valence-corrected chi connectivity index (χ0v) is 20.4. The summed E-state index contributed by atoms with van der Waals surface area (Å²) in [5.74, 6) is 0.898. The van der Waals surface area contributed by atoms with Gasteiger partial charge in [0, 0.05) is 0 Å². The molecule has 27 heavy (non-hydrogen) atoms. The number of rotatable bonds is 17. The molecule has 0 aliphatic heterocycles. The maximum absolute atomic E-state index is 5.95. The molecule has 0 N–H and O–H groups in total. The summed E-state index contributed by atoms with van der Waals surface area (Å²) in [6.07, 6.45) is 21.2. The normalized spacial score (nSPS) is 10.9. The second-order valence-electron chi connectivity index (χ2n) is 7.46. The van der Waals surface area contributed by atoms with E-state index < -0.39 is 0 Å². The minimum absolute atomic E-state index is 0.780. The van der Waals surface area contributed by atoms with Crippen LogP contribution in [0.4, 0.5) is 0 Å². The van der Waals surface area contributed by atoms with E-state index >= 15 is 0 Å². The van der Waals surface area contributed by atoms with Gasteiger partial charge in [-0.1, -0.05) is 103 Å². The van der Waals surface area contributed by atoms with Crippen molar-refractivity contribution in [3.63, 3.8) is 0 Å². The van der Waals surface area contributed by atoms with Gasteiger partial charge in [-0.05, 0) is 56.0 Å². The van der Waals surface area contributed by atoms with E-state index in [0.717, 1.165) is 33.3 Å². The van der Waals surface area contributed by atoms with Gasteiger partial charge in [-0.2, -0.15) is 0 Å². The minimum Gasteiger partial charge on any atom is -0.491 e.